The molecule has 0 heterocycles. The SMILES string of the molecule is CC(N[C@H](C)c1cccc(Cl)c1)/C(N)=N/O. The Morgan fingerprint density at radius 2 is 2.19 bits per heavy atom. The van der Waals surface area contributed by atoms with Crippen molar-refractivity contribution in [1.82, 2.24) is 5.32 Å². The summed E-state index contributed by atoms with van der Waals surface area (Å²) in [5.74, 6) is 0.161. The van der Waals surface area contributed by atoms with E-state index in [1.54, 1.807) is 0 Å². The van der Waals surface area contributed by atoms with E-state index in [-0.39, 0.29) is 17.9 Å². The molecule has 0 radical (unpaired) electrons. The van der Waals surface area contributed by atoms with Crippen molar-refractivity contribution in [3.05, 3.63) is 34.9 Å². The molecule has 0 saturated heterocycles. The highest BCUT2D eigenvalue weighted by Gasteiger charge is 2.12. The van der Waals surface area contributed by atoms with Crippen LogP contribution in [0.3, 0.4) is 0 Å². The van der Waals surface area contributed by atoms with E-state index in [4.69, 9.17) is 22.5 Å². The van der Waals surface area contributed by atoms with Crippen molar-refractivity contribution < 1.29 is 5.21 Å². The highest BCUT2D eigenvalue weighted by atomic mass is 35.5. The second-order valence-electron chi connectivity index (χ2n) is 3.69. The van der Waals surface area contributed by atoms with Crippen LogP contribution in [0.5, 0.6) is 0 Å². The largest absolute Gasteiger partial charge is 0.409 e. The van der Waals surface area contributed by atoms with Gasteiger partial charge in [0.15, 0.2) is 5.84 Å². The molecule has 5 heteroatoms. The molecule has 88 valence electrons. The summed E-state index contributed by atoms with van der Waals surface area (Å²) in [6.07, 6.45) is 0. The van der Waals surface area contributed by atoms with E-state index in [0.717, 1.165) is 5.56 Å². The van der Waals surface area contributed by atoms with E-state index in [9.17, 15) is 0 Å². The van der Waals surface area contributed by atoms with Crippen LogP contribution in [0.1, 0.15) is 25.5 Å². The zero-order chi connectivity index (χ0) is 12.1. The third-order valence-electron chi connectivity index (χ3n) is 2.41. The maximum atomic E-state index is 8.53. The topological polar surface area (TPSA) is 70.6 Å². The second kappa shape index (κ2) is 5.72. The molecular weight excluding hydrogens is 226 g/mol. The number of nitrogens with zero attached hydrogens (tertiary/aromatic N) is 1. The van der Waals surface area contributed by atoms with E-state index in [0.29, 0.717) is 5.02 Å². The van der Waals surface area contributed by atoms with Gasteiger partial charge in [-0.25, -0.2) is 0 Å². The van der Waals surface area contributed by atoms with Crippen LogP contribution in [-0.4, -0.2) is 17.1 Å². The lowest BCUT2D eigenvalue weighted by Gasteiger charge is -2.19. The smallest absolute Gasteiger partial charge is 0.156 e. The zero-order valence-corrected chi connectivity index (χ0v) is 10.1. The van der Waals surface area contributed by atoms with Gasteiger partial charge in [0.2, 0.25) is 0 Å². The van der Waals surface area contributed by atoms with Crippen LogP contribution < -0.4 is 11.1 Å². The number of oxime groups is 1. The Morgan fingerprint density at radius 3 is 2.75 bits per heavy atom. The minimum Gasteiger partial charge on any atom is -0.409 e. The third-order valence-corrected chi connectivity index (χ3v) is 2.64. The zero-order valence-electron chi connectivity index (χ0n) is 9.31. The highest BCUT2D eigenvalue weighted by Crippen LogP contribution is 2.17. The van der Waals surface area contributed by atoms with E-state index >= 15 is 0 Å². The van der Waals surface area contributed by atoms with Crippen LogP contribution in [0.2, 0.25) is 5.02 Å². The molecule has 4 nitrogen and oxygen atoms in total. The quantitative estimate of drug-likeness (QED) is 0.327. The lowest BCUT2D eigenvalue weighted by atomic mass is 10.1. The van der Waals surface area contributed by atoms with Crippen molar-refractivity contribution in [3.63, 3.8) is 0 Å². The summed E-state index contributed by atoms with van der Waals surface area (Å²) in [6, 6.07) is 7.46. The summed E-state index contributed by atoms with van der Waals surface area (Å²) in [5, 5.41) is 15.4. The van der Waals surface area contributed by atoms with Gasteiger partial charge >= 0.3 is 0 Å². The van der Waals surface area contributed by atoms with Gasteiger partial charge in [0.05, 0.1) is 6.04 Å². The Bertz CT molecular complexity index is 381. The summed E-state index contributed by atoms with van der Waals surface area (Å²) in [7, 11) is 0. The van der Waals surface area contributed by atoms with E-state index in [1.807, 2.05) is 38.1 Å². The molecular formula is C11H16ClN3O. The van der Waals surface area contributed by atoms with Crippen molar-refractivity contribution >= 4 is 17.4 Å². The fourth-order valence-corrected chi connectivity index (χ4v) is 1.62. The summed E-state index contributed by atoms with van der Waals surface area (Å²) >= 11 is 5.90. The molecule has 0 spiro atoms. The standard InChI is InChI=1S/C11H16ClN3O/c1-7(14-8(2)11(13)15-16)9-4-3-5-10(12)6-9/h3-8,14,16H,1-2H3,(H2,13,15)/t7-,8?/m1/s1. The Morgan fingerprint density at radius 1 is 1.50 bits per heavy atom. The molecule has 0 aliphatic carbocycles. The summed E-state index contributed by atoms with van der Waals surface area (Å²) in [5.41, 5.74) is 6.54. The second-order valence-corrected chi connectivity index (χ2v) is 4.13. The average Bonchev–Trinajstić information content (AvgIpc) is 2.27. The molecule has 0 saturated carbocycles. The molecule has 2 atom stereocenters. The summed E-state index contributed by atoms with van der Waals surface area (Å²) in [4.78, 5) is 0. The van der Waals surface area contributed by atoms with Crippen molar-refractivity contribution in [1.29, 1.82) is 0 Å². The molecule has 0 aliphatic rings. The van der Waals surface area contributed by atoms with Gasteiger partial charge in [-0.3, -0.25) is 0 Å². The van der Waals surface area contributed by atoms with Crippen LogP contribution in [0.15, 0.2) is 29.4 Å². The molecule has 1 aromatic carbocycles. The lowest BCUT2D eigenvalue weighted by Crippen LogP contribution is -2.40. The molecule has 1 rings (SSSR count). The molecule has 1 aromatic rings. The van der Waals surface area contributed by atoms with Gasteiger partial charge in [-0.1, -0.05) is 28.9 Å². The number of nitrogens with one attached hydrogen (secondary N) is 1. The number of amidine groups is 1. The van der Waals surface area contributed by atoms with Crippen LogP contribution >= 0.6 is 11.6 Å². The van der Waals surface area contributed by atoms with Crippen LogP contribution in [0.4, 0.5) is 0 Å². The number of hydrogen-bond donors (Lipinski definition) is 3. The first kappa shape index (κ1) is 12.8. The minimum absolute atomic E-state index is 0.0778. The van der Waals surface area contributed by atoms with Gasteiger partial charge in [-0.05, 0) is 31.5 Å². The van der Waals surface area contributed by atoms with E-state index in [2.05, 4.69) is 10.5 Å². The summed E-state index contributed by atoms with van der Waals surface area (Å²) < 4.78 is 0. The highest BCUT2D eigenvalue weighted by molar-refractivity contribution is 6.30. The van der Waals surface area contributed by atoms with Gasteiger partial charge in [-0.2, -0.15) is 0 Å². The van der Waals surface area contributed by atoms with Gasteiger partial charge < -0.3 is 16.3 Å². The maximum absolute atomic E-state index is 8.53. The molecule has 16 heavy (non-hydrogen) atoms. The minimum atomic E-state index is -0.195. The third kappa shape index (κ3) is 3.40. The first-order valence-electron chi connectivity index (χ1n) is 5.03. The first-order chi connectivity index (χ1) is 7.54. The van der Waals surface area contributed by atoms with Crippen molar-refractivity contribution in [2.75, 3.05) is 0 Å². The molecule has 0 aliphatic heterocycles. The van der Waals surface area contributed by atoms with Gasteiger partial charge in [0.25, 0.3) is 0 Å². The average molecular weight is 242 g/mol. The van der Waals surface area contributed by atoms with E-state index < -0.39 is 0 Å². The molecule has 0 aromatic heterocycles. The number of halogens is 1. The van der Waals surface area contributed by atoms with Gasteiger partial charge in [-0.15, -0.1) is 0 Å². The van der Waals surface area contributed by atoms with Crippen LogP contribution in [0, 0.1) is 0 Å². The van der Waals surface area contributed by atoms with Crippen molar-refractivity contribution in [3.8, 4) is 0 Å². The molecule has 4 N–H and O–H groups in total. The molecule has 0 amide bonds. The maximum Gasteiger partial charge on any atom is 0.156 e. The normalized spacial score (nSPS) is 15.8. The van der Waals surface area contributed by atoms with Crippen molar-refractivity contribution in [2.45, 2.75) is 25.9 Å². The molecule has 1 unspecified atom stereocenters. The molecule has 0 bridgehead atoms. The van der Waals surface area contributed by atoms with Crippen LogP contribution in [-0.2, 0) is 0 Å². The molecule has 0 fully saturated rings. The van der Waals surface area contributed by atoms with Gasteiger partial charge in [0, 0.05) is 11.1 Å². The Hall–Kier alpha value is -1.26. The van der Waals surface area contributed by atoms with Crippen molar-refractivity contribution in [2.24, 2.45) is 10.9 Å². The fourth-order valence-electron chi connectivity index (χ4n) is 1.42. The Balaban J connectivity index is 2.69. The number of nitrogens with two attached hydrogens (primary N) is 1. The number of benzene rings is 1. The van der Waals surface area contributed by atoms with Crippen LogP contribution in [0.25, 0.3) is 0 Å². The first-order valence-corrected chi connectivity index (χ1v) is 5.41. The van der Waals surface area contributed by atoms with E-state index in [1.165, 1.54) is 0 Å². The Kier molecular flexibility index (Phi) is 4.58. The summed E-state index contributed by atoms with van der Waals surface area (Å²) in [6.45, 7) is 3.82. The number of rotatable bonds is 4. The fraction of sp³-hybridized carbons (Fsp3) is 0.364. The monoisotopic (exact) mass is 241 g/mol. The Labute approximate surface area is 100 Å². The van der Waals surface area contributed by atoms with Gasteiger partial charge in [0.1, 0.15) is 0 Å². The predicted octanol–water partition coefficient (Wildman–Crippen LogP) is 2.13. The predicted molar refractivity (Wildman–Crippen MR) is 65.9 cm³/mol. The number of hydrogen-bond acceptors (Lipinski definition) is 3. The lowest BCUT2D eigenvalue weighted by molar-refractivity contribution is 0.314.